The summed E-state index contributed by atoms with van der Waals surface area (Å²) in [6, 6.07) is 3.33. The number of aliphatic hydroxyl groups is 1. The molecule has 0 fully saturated rings. The van der Waals surface area contributed by atoms with Gasteiger partial charge in [0.2, 0.25) is 0 Å². The number of phenolic OH excluding ortho intramolecular Hbond substituents is 1. The number of carbonyl (C=O) groups is 1. The third kappa shape index (κ3) is 4.20. The molecular weight excluding hydrogens is 266 g/mol. The first-order chi connectivity index (χ1) is 8.86. The first-order valence-electron chi connectivity index (χ1n) is 6.24. The Morgan fingerprint density at radius 1 is 1.42 bits per heavy atom. The van der Waals surface area contributed by atoms with Gasteiger partial charge in [-0.25, -0.2) is 0 Å². The van der Waals surface area contributed by atoms with Crippen molar-refractivity contribution in [2.45, 2.75) is 33.4 Å². The number of hydrogen-bond donors (Lipinski definition) is 2. The van der Waals surface area contributed by atoms with Gasteiger partial charge in [-0.3, -0.25) is 9.69 Å². The molecule has 1 aromatic rings. The summed E-state index contributed by atoms with van der Waals surface area (Å²) < 4.78 is 0. The first kappa shape index (κ1) is 16.0. The van der Waals surface area contributed by atoms with Crippen molar-refractivity contribution < 1.29 is 15.0 Å². The van der Waals surface area contributed by atoms with Gasteiger partial charge >= 0.3 is 0 Å². The van der Waals surface area contributed by atoms with Crippen LogP contribution in [0.25, 0.3) is 0 Å². The fraction of sp³-hybridized carbons (Fsp3) is 0.500. The summed E-state index contributed by atoms with van der Waals surface area (Å²) in [7, 11) is 0. The lowest BCUT2D eigenvalue weighted by Gasteiger charge is -2.26. The SMILES string of the molecule is CC(=O)c1cc(Cl)cc(CN(CCO)C(C)C)c1O. The molecular formula is C14H20ClNO3. The molecule has 2 N–H and O–H groups in total. The monoisotopic (exact) mass is 285 g/mol. The van der Waals surface area contributed by atoms with Gasteiger partial charge in [-0.1, -0.05) is 11.6 Å². The number of Topliss-reactive ketones (excluding diaryl/α,β-unsaturated/α-hetero) is 1. The van der Waals surface area contributed by atoms with Crippen LogP contribution in [0.1, 0.15) is 36.7 Å². The maximum atomic E-state index is 11.4. The zero-order chi connectivity index (χ0) is 14.6. The maximum absolute atomic E-state index is 11.4. The molecule has 5 heteroatoms. The minimum Gasteiger partial charge on any atom is -0.507 e. The predicted octanol–water partition coefficient (Wildman–Crippen LogP) is 2.45. The van der Waals surface area contributed by atoms with Gasteiger partial charge in [0.15, 0.2) is 5.78 Å². The number of carbonyl (C=O) groups excluding carboxylic acids is 1. The number of rotatable bonds is 6. The Hall–Kier alpha value is -1.10. The van der Waals surface area contributed by atoms with Crippen LogP contribution in [0.2, 0.25) is 5.02 Å². The standard InChI is InChI=1S/C14H20ClNO3/c1-9(2)16(4-5-17)8-11-6-12(15)7-13(10(3)18)14(11)19/h6-7,9,17,19H,4-5,8H2,1-3H3. The summed E-state index contributed by atoms with van der Waals surface area (Å²) in [6.07, 6.45) is 0. The molecule has 1 rings (SSSR count). The normalized spacial score (nSPS) is 11.3. The van der Waals surface area contributed by atoms with Gasteiger partial charge in [-0.05, 0) is 32.9 Å². The smallest absolute Gasteiger partial charge is 0.163 e. The zero-order valence-electron chi connectivity index (χ0n) is 11.5. The Balaban J connectivity index is 3.09. The van der Waals surface area contributed by atoms with Gasteiger partial charge in [0.1, 0.15) is 5.75 Å². The molecule has 0 aliphatic heterocycles. The van der Waals surface area contributed by atoms with Crippen LogP contribution in [0.15, 0.2) is 12.1 Å². The molecule has 0 unspecified atom stereocenters. The Morgan fingerprint density at radius 3 is 2.53 bits per heavy atom. The zero-order valence-corrected chi connectivity index (χ0v) is 12.2. The highest BCUT2D eigenvalue weighted by molar-refractivity contribution is 6.31. The van der Waals surface area contributed by atoms with E-state index in [1.807, 2.05) is 18.7 Å². The first-order valence-corrected chi connectivity index (χ1v) is 6.61. The van der Waals surface area contributed by atoms with E-state index in [1.54, 1.807) is 6.07 Å². The van der Waals surface area contributed by atoms with Crippen molar-refractivity contribution in [1.29, 1.82) is 0 Å². The number of ketones is 1. The Bertz CT molecular complexity index is 460. The van der Waals surface area contributed by atoms with Crippen LogP contribution in [0.3, 0.4) is 0 Å². The molecule has 0 aliphatic carbocycles. The van der Waals surface area contributed by atoms with Crippen LogP contribution in [-0.2, 0) is 6.54 Å². The number of aliphatic hydroxyl groups excluding tert-OH is 1. The molecule has 0 aliphatic rings. The number of phenols is 1. The van der Waals surface area contributed by atoms with Crippen LogP contribution < -0.4 is 0 Å². The molecule has 19 heavy (non-hydrogen) atoms. The summed E-state index contributed by atoms with van der Waals surface area (Å²) in [6.45, 7) is 6.37. The summed E-state index contributed by atoms with van der Waals surface area (Å²) in [5.74, 6) is -0.250. The molecule has 0 saturated heterocycles. The third-order valence-corrected chi connectivity index (χ3v) is 3.24. The molecule has 0 saturated carbocycles. The van der Waals surface area contributed by atoms with E-state index in [-0.39, 0.29) is 29.7 Å². The average Bonchev–Trinajstić information content (AvgIpc) is 2.32. The van der Waals surface area contributed by atoms with E-state index < -0.39 is 0 Å². The lowest BCUT2D eigenvalue weighted by atomic mass is 10.0. The second-order valence-corrected chi connectivity index (χ2v) is 5.24. The van der Waals surface area contributed by atoms with Gasteiger partial charge in [0, 0.05) is 29.7 Å². The van der Waals surface area contributed by atoms with E-state index in [2.05, 4.69) is 0 Å². The van der Waals surface area contributed by atoms with Crippen molar-refractivity contribution in [3.8, 4) is 5.75 Å². The van der Waals surface area contributed by atoms with Gasteiger partial charge in [-0.15, -0.1) is 0 Å². The quantitative estimate of drug-likeness (QED) is 0.788. The summed E-state index contributed by atoms with van der Waals surface area (Å²) in [4.78, 5) is 13.4. The van der Waals surface area contributed by atoms with Crippen molar-refractivity contribution in [1.82, 2.24) is 4.90 Å². The molecule has 0 spiro atoms. The van der Waals surface area contributed by atoms with E-state index in [0.29, 0.717) is 23.7 Å². The fourth-order valence-corrected chi connectivity index (χ4v) is 2.15. The van der Waals surface area contributed by atoms with Crippen LogP contribution in [-0.4, -0.2) is 40.1 Å². The van der Waals surface area contributed by atoms with Gasteiger partial charge in [0.05, 0.1) is 12.2 Å². The second kappa shape index (κ2) is 6.89. The molecule has 0 radical (unpaired) electrons. The number of halogens is 1. The highest BCUT2D eigenvalue weighted by Gasteiger charge is 2.17. The molecule has 0 heterocycles. The number of nitrogens with zero attached hydrogens (tertiary/aromatic N) is 1. The summed E-state index contributed by atoms with van der Waals surface area (Å²) in [5.41, 5.74) is 0.829. The van der Waals surface area contributed by atoms with E-state index in [1.165, 1.54) is 13.0 Å². The highest BCUT2D eigenvalue weighted by Crippen LogP contribution is 2.29. The fourth-order valence-electron chi connectivity index (χ4n) is 1.91. The molecule has 0 aromatic heterocycles. The van der Waals surface area contributed by atoms with Crippen LogP contribution >= 0.6 is 11.6 Å². The number of benzene rings is 1. The maximum Gasteiger partial charge on any atom is 0.163 e. The Morgan fingerprint density at radius 2 is 2.05 bits per heavy atom. The lowest BCUT2D eigenvalue weighted by molar-refractivity contribution is 0.101. The Labute approximate surface area is 118 Å². The molecule has 0 atom stereocenters. The number of hydrogen-bond acceptors (Lipinski definition) is 4. The van der Waals surface area contributed by atoms with Crippen molar-refractivity contribution in [2.75, 3.05) is 13.2 Å². The molecule has 0 bridgehead atoms. The van der Waals surface area contributed by atoms with E-state index in [0.717, 1.165) is 0 Å². The second-order valence-electron chi connectivity index (χ2n) is 4.81. The van der Waals surface area contributed by atoms with Gasteiger partial charge in [-0.2, -0.15) is 0 Å². The van der Waals surface area contributed by atoms with Crippen LogP contribution in [0.5, 0.6) is 5.75 Å². The lowest BCUT2D eigenvalue weighted by Crippen LogP contribution is -2.33. The van der Waals surface area contributed by atoms with E-state index in [9.17, 15) is 9.90 Å². The highest BCUT2D eigenvalue weighted by atomic mass is 35.5. The summed E-state index contributed by atoms with van der Waals surface area (Å²) in [5, 5.41) is 19.6. The molecule has 106 valence electrons. The molecule has 0 amide bonds. The van der Waals surface area contributed by atoms with Crippen molar-refractivity contribution in [2.24, 2.45) is 0 Å². The van der Waals surface area contributed by atoms with Crippen molar-refractivity contribution in [3.05, 3.63) is 28.3 Å². The minimum atomic E-state index is -0.223. The molecule has 4 nitrogen and oxygen atoms in total. The molecule has 1 aromatic carbocycles. The third-order valence-electron chi connectivity index (χ3n) is 3.02. The van der Waals surface area contributed by atoms with Crippen molar-refractivity contribution in [3.63, 3.8) is 0 Å². The largest absolute Gasteiger partial charge is 0.507 e. The minimum absolute atomic E-state index is 0.0273. The summed E-state index contributed by atoms with van der Waals surface area (Å²) >= 11 is 5.97. The van der Waals surface area contributed by atoms with Crippen LogP contribution in [0, 0.1) is 0 Å². The Kier molecular flexibility index (Phi) is 5.79. The average molecular weight is 286 g/mol. The van der Waals surface area contributed by atoms with E-state index in [4.69, 9.17) is 16.7 Å². The van der Waals surface area contributed by atoms with E-state index >= 15 is 0 Å². The topological polar surface area (TPSA) is 60.8 Å². The van der Waals surface area contributed by atoms with Gasteiger partial charge in [0.25, 0.3) is 0 Å². The number of aromatic hydroxyl groups is 1. The van der Waals surface area contributed by atoms with Crippen LogP contribution in [0.4, 0.5) is 0 Å². The van der Waals surface area contributed by atoms with Crippen molar-refractivity contribution >= 4 is 17.4 Å². The van der Waals surface area contributed by atoms with Gasteiger partial charge < -0.3 is 10.2 Å². The predicted molar refractivity (Wildman–Crippen MR) is 75.8 cm³/mol.